The molecule has 0 amide bonds. The molecule has 0 aliphatic rings. The highest BCUT2D eigenvalue weighted by Crippen LogP contribution is 2.13. The fourth-order valence-electron chi connectivity index (χ4n) is 1.78. The number of rotatable bonds is 7. The molecule has 1 aromatic carbocycles. The summed E-state index contributed by atoms with van der Waals surface area (Å²) in [4.78, 5) is 11.4. The SMILES string of the molecule is CCOC(=O)C(C)CNCC(C)c1ccccc1. The molecular weight excluding hydrogens is 226 g/mol. The molecule has 3 nitrogen and oxygen atoms in total. The molecule has 2 atom stereocenters. The molecule has 1 rings (SSSR count). The summed E-state index contributed by atoms with van der Waals surface area (Å²) in [5.41, 5.74) is 1.31. The molecule has 0 bridgehead atoms. The Bertz CT molecular complexity index is 351. The van der Waals surface area contributed by atoms with Crippen molar-refractivity contribution < 1.29 is 9.53 Å². The zero-order valence-electron chi connectivity index (χ0n) is 11.5. The first-order chi connectivity index (χ1) is 8.65. The molecule has 2 unspecified atom stereocenters. The Balaban J connectivity index is 2.27. The van der Waals surface area contributed by atoms with Crippen molar-refractivity contribution in [3.05, 3.63) is 35.9 Å². The van der Waals surface area contributed by atoms with Gasteiger partial charge in [-0.1, -0.05) is 44.2 Å². The fraction of sp³-hybridized carbons (Fsp3) is 0.533. The Morgan fingerprint density at radius 1 is 1.22 bits per heavy atom. The molecule has 0 spiro atoms. The predicted octanol–water partition coefficient (Wildman–Crippen LogP) is 2.58. The summed E-state index contributed by atoms with van der Waals surface area (Å²) >= 11 is 0. The molecule has 0 aliphatic heterocycles. The molecule has 18 heavy (non-hydrogen) atoms. The Kier molecular flexibility index (Phi) is 6.44. The smallest absolute Gasteiger partial charge is 0.309 e. The number of hydrogen-bond donors (Lipinski definition) is 1. The minimum Gasteiger partial charge on any atom is -0.466 e. The molecular formula is C15H23NO2. The van der Waals surface area contributed by atoms with Gasteiger partial charge in [0.05, 0.1) is 12.5 Å². The number of hydrogen-bond acceptors (Lipinski definition) is 3. The minimum absolute atomic E-state index is 0.0899. The number of esters is 1. The van der Waals surface area contributed by atoms with Crippen molar-refractivity contribution in [2.75, 3.05) is 19.7 Å². The van der Waals surface area contributed by atoms with E-state index in [0.29, 0.717) is 19.1 Å². The molecule has 0 aliphatic carbocycles. The van der Waals surface area contributed by atoms with E-state index in [9.17, 15) is 4.79 Å². The molecule has 0 fully saturated rings. The summed E-state index contributed by atoms with van der Waals surface area (Å²) in [6, 6.07) is 10.4. The third-order valence-corrected chi connectivity index (χ3v) is 2.96. The lowest BCUT2D eigenvalue weighted by molar-refractivity contribution is -0.147. The van der Waals surface area contributed by atoms with Gasteiger partial charge in [0, 0.05) is 13.1 Å². The summed E-state index contributed by atoms with van der Waals surface area (Å²) < 4.78 is 4.97. The number of ether oxygens (including phenoxy) is 1. The van der Waals surface area contributed by atoms with Crippen LogP contribution in [0.25, 0.3) is 0 Å². The van der Waals surface area contributed by atoms with Crippen LogP contribution in [0.1, 0.15) is 32.3 Å². The third-order valence-electron chi connectivity index (χ3n) is 2.96. The fourth-order valence-corrected chi connectivity index (χ4v) is 1.78. The van der Waals surface area contributed by atoms with Crippen molar-refractivity contribution in [2.24, 2.45) is 5.92 Å². The lowest BCUT2D eigenvalue weighted by atomic mass is 10.0. The Morgan fingerprint density at radius 3 is 2.50 bits per heavy atom. The van der Waals surface area contributed by atoms with Gasteiger partial charge in [-0.05, 0) is 18.4 Å². The highest BCUT2D eigenvalue weighted by Gasteiger charge is 2.13. The maximum absolute atomic E-state index is 11.4. The lowest BCUT2D eigenvalue weighted by Gasteiger charge is -2.15. The largest absolute Gasteiger partial charge is 0.466 e. The predicted molar refractivity (Wildman–Crippen MR) is 73.5 cm³/mol. The molecule has 3 heteroatoms. The second-order valence-corrected chi connectivity index (χ2v) is 4.62. The average molecular weight is 249 g/mol. The number of nitrogens with one attached hydrogen (secondary N) is 1. The zero-order valence-corrected chi connectivity index (χ0v) is 11.5. The molecule has 0 radical (unpaired) electrons. The minimum atomic E-state index is -0.127. The highest BCUT2D eigenvalue weighted by molar-refractivity contribution is 5.72. The first-order valence-corrected chi connectivity index (χ1v) is 6.57. The van der Waals surface area contributed by atoms with Crippen molar-refractivity contribution in [1.82, 2.24) is 5.32 Å². The van der Waals surface area contributed by atoms with Gasteiger partial charge in [0.2, 0.25) is 0 Å². The highest BCUT2D eigenvalue weighted by atomic mass is 16.5. The summed E-state index contributed by atoms with van der Waals surface area (Å²) in [5, 5.41) is 3.32. The quantitative estimate of drug-likeness (QED) is 0.755. The van der Waals surface area contributed by atoms with Crippen molar-refractivity contribution >= 4 is 5.97 Å². The van der Waals surface area contributed by atoms with E-state index in [1.54, 1.807) is 0 Å². The zero-order chi connectivity index (χ0) is 13.4. The van der Waals surface area contributed by atoms with Crippen LogP contribution in [0, 0.1) is 5.92 Å². The van der Waals surface area contributed by atoms with Crippen molar-refractivity contribution in [3.63, 3.8) is 0 Å². The van der Waals surface area contributed by atoms with Crippen LogP contribution in [0.2, 0.25) is 0 Å². The Hall–Kier alpha value is -1.35. The van der Waals surface area contributed by atoms with E-state index in [1.807, 2.05) is 32.0 Å². The monoisotopic (exact) mass is 249 g/mol. The molecule has 0 heterocycles. The summed E-state index contributed by atoms with van der Waals surface area (Å²) in [6.07, 6.45) is 0. The van der Waals surface area contributed by atoms with Gasteiger partial charge in [-0.15, -0.1) is 0 Å². The van der Waals surface area contributed by atoms with Gasteiger partial charge in [-0.25, -0.2) is 0 Å². The number of carbonyl (C=O) groups excluding carboxylic acids is 1. The maximum atomic E-state index is 11.4. The normalized spacial score (nSPS) is 13.9. The summed E-state index contributed by atoms with van der Waals surface area (Å²) in [7, 11) is 0. The van der Waals surface area contributed by atoms with E-state index in [4.69, 9.17) is 4.74 Å². The summed E-state index contributed by atoms with van der Waals surface area (Å²) in [6.45, 7) is 7.87. The van der Waals surface area contributed by atoms with Crippen LogP contribution >= 0.6 is 0 Å². The van der Waals surface area contributed by atoms with E-state index >= 15 is 0 Å². The molecule has 1 N–H and O–H groups in total. The van der Waals surface area contributed by atoms with Crippen LogP contribution in [0.5, 0.6) is 0 Å². The standard InChI is InChI=1S/C15H23NO2/c1-4-18-15(17)13(3)11-16-10-12(2)14-8-6-5-7-9-14/h5-9,12-13,16H,4,10-11H2,1-3H3. The van der Waals surface area contributed by atoms with Crippen molar-refractivity contribution in [3.8, 4) is 0 Å². The van der Waals surface area contributed by atoms with Crippen LogP contribution in [-0.2, 0) is 9.53 Å². The van der Waals surface area contributed by atoms with Crippen LogP contribution in [0.15, 0.2) is 30.3 Å². The summed E-state index contributed by atoms with van der Waals surface area (Å²) in [5.74, 6) is 0.228. The topological polar surface area (TPSA) is 38.3 Å². The number of benzene rings is 1. The van der Waals surface area contributed by atoms with Crippen LogP contribution in [-0.4, -0.2) is 25.7 Å². The van der Waals surface area contributed by atoms with Crippen molar-refractivity contribution in [2.45, 2.75) is 26.7 Å². The van der Waals surface area contributed by atoms with Gasteiger partial charge in [-0.2, -0.15) is 0 Å². The van der Waals surface area contributed by atoms with E-state index in [2.05, 4.69) is 24.4 Å². The van der Waals surface area contributed by atoms with E-state index in [0.717, 1.165) is 6.54 Å². The van der Waals surface area contributed by atoms with Crippen molar-refractivity contribution in [1.29, 1.82) is 0 Å². The van der Waals surface area contributed by atoms with Gasteiger partial charge < -0.3 is 10.1 Å². The molecule has 0 saturated carbocycles. The van der Waals surface area contributed by atoms with Gasteiger partial charge in [0.15, 0.2) is 0 Å². The van der Waals surface area contributed by atoms with E-state index in [-0.39, 0.29) is 11.9 Å². The average Bonchev–Trinajstić information content (AvgIpc) is 2.39. The molecule has 100 valence electrons. The van der Waals surface area contributed by atoms with Gasteiger partial charge in [-0.3, -0.25) is 4.79 Å². The molecule has 1 aromatic rings. The molecule has 0 aromatic heterocycles. The van der Waals surface area contributed by atoms with E-state index < -0.39 is 0 Å². The van der Waals surface area contributed by atoms with Crippen LogP contribution in [0.3, 0.4) is 0 Å². The molecule has 0 saturated heterocycles. The Morgan fingerprint density at radius 2 is 1.89 bits per heavy atom. The third kappa shape index (κ3) is 4.88. The lowest BCUT2D eigenvalue weighted by Crippen LogP contribution is -2.30. The van der Waals surface area contributed by atoms with Gasteiger partial charge >= 0.3 is 5.97 Å². The van der Waals surface area contributed by atoms with Crippen LogP contribution < -0.4 is 5.32 Å². The second-order valence-electron chi connectivity index (χ2n) is 4.62. The first kappa shape index (κ1) is 14.7. The number of carbonyl (C=O) groups is 1. The maximum Gasteiger partial charge on any atom is 0.309 e. The van der Waals surface area contributed by atoms with Crippen LogP contribution in [0.4, 0.5) is 0 Å². The second kappa shape index (κ2) is 7.88. The first-order valence-electron chi connectivity index (χ1n) is 6.57. The van der Waals surface area contributed by atoms with E-state index in [1.165, 1.54) is 5.56 Å². The van der Waals surface area contributed by atoms with Gasteiger partial charge in [0.1, 0.15) is 0 Å². The Labute approximate surface area is 110 Å². The van der Waals surface area contributed by atoms with Gasteiger partial charge in [0.25, 0.3) is 0 Å².